The molecule has 8 heteroatoms. The van der Waals surface area contributed by atoms with Crippen LogP contribution in [0.15, 0.2) is 34.2 Å². The molecular formula is C11H8BrN3O3S. The summed E-state index contributed by atoms with van der Waals surface area (Å²) in [5, 5.41) is 16.2. The summed E-state index contributed by atoms with van der Waals surface area (Å²) >= 11 is 4.45. The Morgan fingerprint density at radius 2 is 2.11 bits per heavy atom. The smallest absolute Gasteiger partial charge is 0.337 e. The third-order valence-corrected chi connectivity index (χ3v) is 3.29. The number of nitrogens with zero attached hydrogens (tertiary/aromatic N) is 1. The summed E-state index contributed by atoms with van der Waals surface area (Å²) in [6, 6.07) is 4.03. The third-order valence-electron chi connectivity index (χ3n) is 2.11. The van der Waals surface area contributed by atoms with Gasteiger partial charge in [-0.05, 0) is 18.2 Å². The third kappa shape index (κ3) is 3.52. The summed E-state index contributed by atoms with van der Waals surface area (Å²) in [4.78, 5) is 26.6. The number of hydrogen-bond acceptors (Lipinski definition) is 4. The molecule has 98 valence electrons. The molecule has 0 unspecified atom stereocenters. The first-order chi connectivity index (χ1) is 9.06. The van der Waals surface area contributed by atoms with Crippen molar-refractivity contribution in [2.24, 2.45) is 0 Å². The lowest BCUT2D eigenvalue weighted by Gasteiger charge is -2.08. The van der Waals surface area contributed by atoms with E-state index in [0.29, 0.717) is 9.60 Å². The average Bonchev–Trinajstić information content (AvgIpc) is 2.83. The quantitative estimate of drug-likeness (QED) is 0.799. The number of aromatic carboxylic acids is 1. The molecule has 0 fully saturated rings. The van der Waals surface area contributed by atoms with Crippen molar-refractivity contribution in [3.05, 3.63) is 39.8 Å². The van der Waals surface area contributed by atoms with Crippen LogP contribution in [0.4, 0.5) is 15.6 Å². The fraction of sp³-hybridized carbons (Fsp3) is 0. The number of benzene rings is 1. The van der Waals surface area contributed by atoms with Gasteiger partial charge in [0.05, 0.1) is 11.3 Å². The molecule has 0 saturated heterocycles. The number of carbonyl (C=O) groups is 2. The number of carbonyl (C=O) groups excluding carboxylic acids is 1. The minimum atomic E-state index is -1.12. The summed E-state index contributed by atoms with van der Waals surface area (Å²) in [7, 11) is 0. The van der Waals surface area contributed by atoms with Crippen molar-refractivity contribution in [1.82, 2.24) is 4.98 Å². The second-order valence-electron chi connectivity index (χ2n) is 3.41. The highest BCUT2D eigenvalue weighted by atomic mass is 79.9. The van der Waals surface area contributed by atoms with Crippen molar-refractivity contribution in [3.63, 3.8) is 0 Å². The number of hydrogen-bond donors (Lipinski definition) is 3. The SMILES string of the molecule is O=C(Nc1nccs1)Nc1ccc(Br)cc1C(=O)O. The molecule has 0 spiro atoms. The van der Waals surface area contributed by atoms with E-state index in [4.69, 9.17) is 5.11 Å². The Labute approximate surface area is 120 Å². The van der Waals surface area contributed by atoms with Gasteiger partial charge in [-0.25, -0.2) is 14.6 Å². The fourth-order valence-corrected chi connectivity index (χ4v) is 2.22. The number of thiazole rings is 1. The lowest BCUT2D eigenvalue weighted by molar-refractivity contribution is 0.0698. The first-order valence-corrected chi connectivity index (χ1v) is 6.74. The molecule has 6 nitrogen and oxygen atoms in total. The predicted molar refractivity (Wildman–Crippen MR) is 75.9 cm³/mol. The van der Waals surface area contributed by atoms with Crippen molar-refractivity contribution >= 4 is 50.1 Å². The summed E-state index contributed by atoms with van der Waals surface area (Å²) in [6.45, 7) is 0. The summed E-state index contributed by atoms with van der Waals surface area (Å²) < 4.78 is 0.621. The van der Waals surface area contributed by atoms with E-state index in [9.17, 15) is 9.59 Å². The van der Waals surface area contributed by atoms with Crippen LogP contribution in [-0.4, -0.2) is 22.1 Å². The summed E-state index contributed by atoms with van der Waals surface area (Å²) in [6.07, 6.45) is 1.56. The van der Waals surface area contributed by atoms with Crippen LogP contribution < -0.4 is 10.6 Å². The second-order valence-corrected chi connectivity index (χ2v) is 5.22. The van der Waals surface area contributed by atoms with Crippen LogP contribution in [0.25, 0.3) is 0 Å². The molecule has 2 amide bonds. The molecule has 0 aliphatic heterocycles. The van der Waals surface area contributed by atoms with Crippen molar-refractivity contribution in [3.8, 4) is 0 Å². The minimum Gasteiger partial charge on any atom is -0.478 e. The van der Waals surface area contributed by atoms with Crippen LogP contribution in [0.3, 0.4) is 0 Å². The molecule has 0 saturated carbocycles. The Bertz CT molecular complexity index is 616. The average molecular weight is 342 g/mol. The summed E-state index contributed by atoms with van der Waals surface area (Å²) in [5.41, 5.74) is 0.216. The Hall–Kier alpha value is -1.93. The monoisotopic (exact) mass is 341 g/mol. The molecule has 0 aliphatic rings. The molecule has 1 aromatic heterocycles. The standard InChI is InChI=1S/C11H8BrN3O3S/c12-6-1-2-8(7(5-6)9(16)17)14-10(18)15-11-13-3-4-19-11/h1-5H,(H,16,17)(H2,13,14,15,18). The van der Waals surface area contributed by atoms with E-state index in [0.717, 1.165) is 0 Å². The number of nitrogens with one attached hydrogen (secondary N) is 2. The van der Waals surface area contributed by atoms with E-state index in [-0.39, 0.29) is 11.3 Å². The van der Waals surface area contributed by atoms with Gasteiger partial charge in [0.1, 0.15) is 0 Å². The Balaban J connectivity index is 2.14. The number of amides is 2. The number of urea groups is 1. The largest absolute Gasteiger partial charge is 0.478 e. The van der Waals surface area contributed by atoms with Gasteiger partial charge in [-0.1, -0.05) is 15.9 Å². The lowest BCUT2D eigenvalue weighted by atomic mass is 10.2. The molecule has 3 N–H and O–H groups in total. The first-order valence-electron chi connectivity index (χ1n) is 5.06. The van der Waals surface area contributed by atoms with E-state index in [2.05, 4.69) is 31.5 Å². The molecule has 19 heavy (non-hydrogen) atoms. The van der Waals surface area contributed by atoms with E-state index >= 15 is 0 Å². The maximum absolute atomic E-state index is 11.7. The van der Waals surface area contributed by atoms with Gasteiger partial charge in [0, 0.05) is 16.0 Å². The zero-order chi connectivity index (χ0) is 13.8. The van der Waals surface area contributed by atoms with Crippen molar-refractivity contribution in [2.75, 3.05) is 10.6 Å². The molecule has 2 aromatic rings. The Morgan fingerprint density at radius 1 is 1.32 bits per heavy atom. The van der Waals surface area contributed by atoms with Gasteiger partial charge < -0.3 is 10.4 Å². The molecule has 0 bridgehead atoms. The molecule has 0 atom stereocenters. The van der Waals surface area contributed by atoms with Gasteiger partial charge in [-0.15, -0.1) is 11.3 Å². The Kier molecular flexibility index (Phi) is 4.13. The van der Waals surface area contributed by atoms with E-state index in [1.54, 1.807) is 17.6 Å². The van der Waals surface area contributed by atoms with Crippen molar-refractivity contribution in [2.45, 2.75) is 0 Å². The van der Waals surface area contributed by atoms with Crippen LogP contribution in [-0.2, 0) is 0 Å². The fourth-order valence-electron chi connectivity index (χ4n) is 1.34. The van der Waals surface area contributed by atoms with Gasteiger partial charge >= 0.3 is 12.0 Å². The number of carboxylic acids is 1. The molecule has 1 heterocycles. The molecule has 2 rings (SSSR count). The highest BCUT2D eigenvalue weighted by molar-refractivity contribution is 9.10. The normalized spacial score (nSPS) is 9.95. The lowest BCUT2D eigenvalue weighted by Crippen LogP contribution is -2.20. The number of halogens is 1. The highest BCUT2D eigenvalue weighted by Crippen LogP contribution is 2.21. The van der Waals surface area contributed by atoms with Gasteiger partial charge in [-0.2, -0.15) is 0 Å². The molecule has 1 aromatic carbocycles. The molecular weight excluding hydrogens is 334 g/mol. The number of rotatable bonds is 3. The zero-order valence-electron chi connectivity index (χ0n) is 9.38. The number of carboxylic acid groups (broad SMARTS) is 1. The molecule has 0 radical (unpaired) electrons. The van der Waals surface area contributed by atoms with Crippen LogP contribution in [0, 0.1) is 0 Å². The van der Waals surface area contributed by atoms with E-state index in [1.165, 1.54) is 23.5 Å². The number of aromatic nitrogens is 1. The second kappa shape index (κ2) is 5.81. The maximum Gasteiger partial charge on any atom is 0.337 e. The van der Waals surface area contributed by atoms with Crippen LogP contribution in [0.1, 0.15) is 10.4 Å². The van der Waals surface area contributed by atoms with Crippen LogP contribution >= 0.6 is 27.3 Å². The predicted octanol–water partition coefficient (Wildman–Crippen LogP) is 3.25. The zero-order valence-corrected chi connectivity index (χ0v) is 11.8. The number of anilines is 2. The van der Waals surface area contributed by atoms with Gasteiger partial charge in [0.15, 0.2) is 5.13 Å². The molecule has 0 aliphatic carbocycles. The summed E-state index contributed by atoms with van der Waals surface area (Å²) in [5.74, 6) is -1.12. The van der Waals surface area contributed by atoms with Crippen molar-refractivity contribution < 1.29 is 14.7 Å². The van der Waals surface area contributed by atoms with Crippen LogP contribution in [0.2, 0.25) is 0 Å². The first kappa shape index (κ1) is 13.5. The van der Waals surface area contributed by atoms with Gasteiger partial charge in [0.25, 0.3) is 0 Å². The van der Waals surface area contributed by atoms with Crippen LogP contribution in [0.5, 0.6) is 0 Å². The van der Waals surface area contributed by atoms with Gasteiger partial charge in [0.2, 0.25) is 0 Å². The topological polar surface area (TPSA) is 91.3 Å². The van der Waals surface area contributed by atoms with Crippen molar-refractivity contribution in [1.29, 1.82) is 0 Å². The minimum absolute atomic E-state index is 0.00339. The Morgan fingerprint density at radius 3 is 2.74 bits per heavy atom. The maximum atomic E-state index is 11.7. The van der Waals surface area contributed by atoms with Gasteiger partial charge in [-0.3, -0.25) is 5.32 Å². The van der Waals surface area contributed by atoms with E-state index < -0.39 is 12.0 Å². The highest BCUT2D eigenvalue weighted by Gasteiger charge is 2.13. The van der Waals surface area contributed by atoms with E-state index in [1.807, 2.05) is 0 Å².